The first-order valence-corrected chi connectivity index (χ1v) is 12.2. The molecule has 5 aromatic rings. The number of carbonyl (C=O) groups is 1. The summed E-state index contributed by atoms with van der Waals surface area (Å²) in [5.41, 5.74) is 6.64. The van der Waals surface area contributed by atoms with Gasteiger partial charge in [0.1, 0.15) is 17.3 Å². The van der Waals surface area contributed by atoms with Crippen molar-refractivity contribution in [2.24, 2.45) is 0 Å². The molecule has 36 heavy (non-hydrogen) atoms. The van der Waals surface area contributed by atoms with Gasteiger partial charge < -0.3 is 24.8 Å². The Morgan fingerprint density at radius 3 is 2.83 bits per heavy atom. The van der Waals surface area contributed by atoms with Gasteiger partial charge in [0, 0.05) is 36.5 Å². The number of oxazole rings is 1. The number of anilines is 2. The van der Waals surface area contributed by atoms with Crippen molar-refractivity contribution in [1.82, 2.24) is 25.3 Å². The lowest BCUT2D eigenvalue weighted by Crippen LogP contribution is -2.13. The van der Waals surface area contributed by atoms with Crippen LogP contribution in [0.25, 0.3) is 33.3 Å². The molecule has 1 saturated carbocycles. The zero-order chi connectivity index (χ0) is 24.2. The van der Waals surface area contributed by atoms with Gasteiger partial charge in [-0.05, 0) is 67.1 Å². The van der Waals surface area contributed by atoms with Crippen molar-refractivity contribution < 1.29 is 13.9 Å². The zero-order valence-electron chi connectivity index (χ0n) is 19.7. The Balaban J connectivity index is 1.31. The number of ether oxygens (including phenoxy) is 1. The Morgan fingerprint density at radius 2 is 1.94 bits per heavy atom. The highest BCUT2D eigenvalue weighted by Crippen LogP contribution is 2.37. The van der Waals surface area contributed by atoms with Gasteiger partial charge in [0.25, 0.3) is 5.91 Å². The van der Waals surface area contributed by atoms with Crippen LogP contribution in [0.15, 0.2) is 47.0 Å². The molecule has 0 unspecified atom stereocenters. The van der Waals surface area contributed by atoms with Crippen molar-refractivity contribution in [2.45, 2.75) is 45.3 Å². The number of aromatic amines is 1. The number of nitrogens with one attached hydrogen (secondary N) is 3. The van der Waals surface area contributed by atoms with Crippen molar-refractivity contribution in [2.75, 3.05) is 5.32 Å². The highest BCUT2D eigenvalue weighted by Gasteiger charge is 2.23. The van der Waals surface area contributed by atoms with Crippen LogP contribution in [0.3, 0.4) is 0 Å². The first kappa shape index (κ1) is 20.9. The second-order valence-electron chi connectivity index (χ2n) is 9.40. The number of hydrogen-bond donors (Lipinski definition) is 3. The molecule has 180 valence electrons. The minimum absolute atomic E-state index is 0.0425. The highest BCUT2D eigenvalue weighted by atomic mass is 16.5. The number of hydrogen-bond acceptors (Lipinski definition) is 7. The summed E-state index contributed by atoms with van der Waals surface area (Å²) in [5.74, 6) is 1.58. The molecule has 2 aliphatic rings. The van der Waals surface area contributed by atoms with E-state index >= 15 is 0 Å². The molecule has 1 aliphatic heterocycles. The van der Waals surface area contributed by atoms with Gasteiger partial charge in [0.15, 0.2) is 11.5 Å². The molecule has 9 heteroatoms. The molecule has 0 spiro atoms. The summed E-state index contributed by atoms with van der Waals surface area (Å²) in [7, 11) is 0. The van der Waals surface area contributed by atoms with Crippen molar-refractivity contribution in [3.05, 3.63) is 59.6 Å². The van der Waals surface area contributed by atoms with Gasteiger partial charge in [-0.15, -0.1) is 0 Å². The second kappa shape index (κ2) is 8.08. The van der Waals surface area contributed by atoms with Gasteiger partial charge in [-0.25, -0.2) is 4.98 Å². The molecule has 0 bridgehead atoms. The maximum absolute atomic E-state index is 11.9. The quantitative estimate of drug-likeness (QED) is 0.309. The fourth-order valence-corrected chi connectivity index (χ4v) is 5.18. The molecule has 1 aliphatic carbocycles. The predicted molar refractivity (Wildman–Crippen MR) is 135 cm³/mol. The van der Waals surface area contributed by atoms with Crippen LogP contribution in [0.1, 0.15) is 47.5 Å². The van der Waals surface area contributed by atoms with E-state index in [0.717, 1.165) is 64.5 Å². The van der Waals surface area contributed by atoms with Crippen LogP contribution >= 0.6 is 0 Å². The summed E-state index contributed by atoms with van der Waals surface area (Å²) in [6, 6.07) is 11.6. The summed E-state index contributed by atoms with van der Waals surface area (Å²) in [6.45, 7) is 2.37. The molecule has 0 atom stereocenters. The number of rotatable bonds is 5. The number of aromatic nitrogens is 4. The lowest BCUT2D eigenvalue weighted by atomic mass is 10.1. The maximum Gasteiger partial charge on any atom is 0.251 e. The first-order valence-electron chi connectivity index (χ1n) is 12.2. The standard InChI is InChI=1S/C27H24N6O3/c1-14-30-21-9-6-15(11-22(21)35-14)20-13-28-24-23(20)26(36-18-4-2-3-5-18)33-27(32-24)31-17-7-8-19-16(10-17)12-29-25(19)34/h6-11,13,18H,2-5,12H2,1H3,(H,29,34)(H2,28,31,32,33). The van der Waals surface area contributed by atoms with Crippen LogP contribution in [-0.4, -0.2) is 31.9 Å². The molecule has 1 amide bonds. The van der Waals surface area contributed by atoms with E-state index in [1.165, 1.54) is 0 Å². The molecular weight excluding hydrogens is 456 g/mol. The van der Waals surface area contributed by atoms with Crippen LogP contribution in [0.2, 0.25) is 0 Å². The topological polar surface area (TPSA) is 118 Å². The number of carbonyl (C=O) groups excluding carboxylic acids is 1. The Labute approximate surface area is 206 Å². The molecule has 3 aromatic heterocycles. The molecule has 2 aromatic carbocycles. The minimum Gasteiger partial charge on any atom is -0.474 e. The summed E-state index contributed by atoms with van der Waals surface area (Å²) in [4.78, 5) is 29.2. The van der Waals surface area contributed by atoms with Gasteiger partial charge in [0.05, 0.1) is 5.39 Å². The van der Waals surface area contributed by atoms with Gasteiger partial charge in [-0.1, -0.05) is 6.07 Å². The molecule has 0 radical (unpaired) electrons. The lowest BCUT2D eigenvalue weighted by molar-refractivity contribution is 0.0965. The van der Waals surface area contributed by atoms with Crippen LogP contribution in [0.5, 0.6) is 5.88 Å². The molecule has 3 N–H and O–H groups in total. The second-order valence-corrected chi connectivity index (χ2v) is 9.40. The monoisotopic (exact) mass is 480 g/mol. The largest absolute Gasteiger partial charge is 0.474 e. The van der Waals surface area contributed by atoms with Crippen molar-refractivity contribution >= 4 is 39.7 Å². The average Bonchev–Trinajstić information content (AvgIpc) is 3.65. The van der Waals surface area contributed by atoms with Crippen LogP contribution < -0.4 is 15.4 Å². The third-order valence-electron chi connectivity index (χ3n) is 6.93. The van der Waals surface area contributed by atoms with E-state index in [-0.39, 0.29) is 12.0 Å². The fraction of sp³-hybridized carbons (Fsp3) is 0.259. The van der Waals surface area contributed by atoms with Crippen molar-refractivity contribution in [3.63, 3.8) is 0 Å². The highest BCUT2D eigenvalue weighted by molar-refractivity contribution is 6.00. The molecule has 0 saturated heterocycles. The number of nitrogens with zero attached hydrogens (tertiary/aromatic N) is 3. The number of benzene rings is 2. The Kier molecular flexibility index (Phi) is 4.70. The van der Waals surface area contributed by atoms with Crippen molar-refractivity contribution in [3.8, 4) is 17.0 Å². The van der Waals surface area contributed by atoms with E-state index in [9.17, 15) is 4.79 Å². The van der Waals surface area contributed by atoms with Gasteiger partial charge in [0.2, 0.25) is 11.8 Å². The Bertz CT molecular complexity index is 1650. The van der Waals surface area contributed by atoms with Crippen LogP contribution in [0.4, 0.5) is 11.6 Å². The SMILES string of the molecule is Cc1nc2ccc(-c3c[nH]c4nc(Nc5ccc6c(c5)CNC6=O)nc(OC5CCCC5)c34)cc2o1. The van der Waals surface area contributed by atoms with Gasteiger partial charge >= 0.3 is 0 Å². The number of fused-ring (bicyclic) bond motifs is 3. The summed E-state index contributed by atoms with van der Waals surface area (Å²) >= 11 is 0. The zero-order valence-corrected chi connectivity index (χ0v) is 19.7. The third-order valence-corrected chi connectivity index (χ3v) is 6.93. The van der Waals surface area contributed by atoms with E-state index in [4.69, 9.17) is 19.1 Å². The smallest absolute Gasteiger partial charge is 0.251 e. The number of H-pyrrole nitrogens is 1. The third kappa shape index (κ3) is 3.55. The summed E-state index contributed by atoms with van der Waals surface area (Å²) in [6.07, 6.45) is 6.42. The minimum atomic E-state index is -0.0425. The Hall–Kier alpha value is -4.40. The predicted octanol–water partition coefficient (Wildman–Crippen LogP) is 5.38. The maximum atomic E-state index is 11.9. The van der Waals surface area contributed by atoms with Crippen LogP contribution in [0, 0.1) is 6.92 Å². The summed E-state index contributed by atoms with van der Waals surface area (Å²) in [5, 5.41) is 6.98. The average molecular weight is 481 g/mol. The molecule has 7 rings (SSSR count). The molecule has 1 fully saturated rings. The van der Waals surface area contributed by atoms with E-state index in [1.54, 1.807) is 0 Å². The fourth-order valence-electron chi connectivity index (χ4n) is 5.18. The van der Waals surface area contributed by atoms with Gasteiger partial charge in [-0.3, -0.25) is 4.79 Å². The van der Waals surface area contributed by atoms with E-state index in [1.807, 2.05) is 49.5 Å². The molecular formula is C27H24N6O3. The summed E-state index contributed by atoms with van der Waals surface area (Å²) < 4.78 is 12.2. The van der Waals surface area contributed by atoms with Gasteiger partial charge in [-0.2, -0.15) is 9.97 Å². The number of aryl methyl sites for hydroxylation is 1. The number of amides is 1. The normalized spacial score (nSPS) is 15.5. The lowest BCUT2D eigenvalue weighted by Gasteiger charge is -2.15. The van der Waals surface area contributed by atoms with Crippen molar-refractivity contribution in [1.29, 1.82) is 0 Å². The Morgan fingerprint density at radius 1 is 1.06 bits per heavy atom. The molecule has 4 heterocycles. The van der Waals surface area contributed by atoms with E-state index in [0.29, 0.717) is 35.5 Å². The van der Waals surface area contributed by atoms with Crippen LogP contribution in [-0.2, 0) is 6.54 Å². The molecule has 9 nitrogen and oxygen atoms in total. The van der Waals surface area contributed by atoms with E-state index in [2.05, 4.69) is 20.6 Å². The first-order chi connectivity index (χ1) is 17.6. The van der Waals surface area contributed by atoms with E-state index < -0.39 is 0 Å².